The summed E-state index contributed by atoms with van der Waals surface area (Å²) in [6.45, 7) is 9.07. The average Bonchev–Trinajstić information content (AvgIpc) is 2.46. The number of aryl methyl sites for hydroxylation is 2. The van der Waals surface area contributed by atoms with E-state index in [4.69, 9.17) is 4.74 Å². The molecular formula is C19H31NO. The smallest absolute Gasteiger partial charge is 0.119 e. The maximum atomic E-state index is 5.85. The molecule has 0 amide bonds. The van der Waals surface area contributed by atoms with E-state index in [2.05, 4.69) is 36.9 Å². The third-order valence-electron chi connectivity index (χ3n) is 4.28. The molecule has 0 radical (unpaired) electrons. The Bertz CT molecular complexity index is 390. The van der Waals surface area contributed by atoms with Crippen molar-refractivity contribution in [3.63, 3.8) is 0 Å². The van der Waals surface area contributed by atoms with Crippen molar-refractivity contribution in [2.75, 3.05) is 26.2 Å². The highest BCUT2D eigenvalue weighted by Gasteiger charge is 2.08. The van der Waals surface area contributed by atoms with Gasteiger partial charge in [0.05, 0.1) is 6.61 Å². The Labute approximate surface area is 130 Å². The molecule has 0 saturated carbocycles. The fourth-order valence-corrected chi connectivity index (χ4v) is 3.18. The Hall–Kier alpha value is -1.02. The van der Waals surface area contributed by atoms with Gasteiger partial charge in [0.1, 0.15) is 5.75 Å². The molecule has 2 rings (SSSR count). The first-order valence-electron chi connectivity index (χ1n) is 8.67. The van der Waals surface area contributed by atoms with E-state index in [1.165, 1.54) is 75.7 Å². The molecular weight excluding hydrogens is 258 g/mol. The molecule has 0 unspecified atom stereocenters. The van der Waals surface area contributed by atoms with Crippen molar-refractivity contribution < 1.29 is 4.74 Å². The Balaban J connectivity index is 1.49. The Morgan fingerprint density at radius 1 is 0.857 bits per heavy atom. The van der Waals surface area contributed by atoms with Gasteiger partial charge in [-0.05, 0) is 82.4 Å². The number of hydrogen-bond acceptors (Lipinski definition) is 2. The van der Waals surface area contributed by atoms with Crippen LogP contribution in [0, 0.1) is 13.8 Å². The summed E-state index contributed by atoms with van der Waals surface area (Å²) in [4.78, 5) is 2.63. The summed E-state index contributed by atoms with van der Waals surface area (Å²) >= 11 is 0. The summed E-state index contributed by atoms with van der Waals surface area (Å²) in [7, 11) is 0. The van der Waals surface area contributed by atoms with Gasteiger partial charge in [-0.1, -0.05) is 25.3 Å². The van der Waals surface area contributed by atoms with E-state index in [-0.39, 0.29) is 0 Å². The number of unbranched alkanes of at least 4 members (excludes halogenated alkanes) is 3. The Morgan fingerprint density at radius 2 is 1.52 bits per heavy atom. The molecule has 1 fully saturated rings. The molecule has 0 spiro atoms. The van der Waals surface area contributed by atoms with Crippen molar-refractivity contribution in [3.8, 4) is 5.75 Å². The van der Waals surface area contributed by atoms with E-state index in [1.54, 1.807) is 0 Å². The highest BCUT2D eigenvalue weighted by Crippen LogP contribution is 2.17. The zero-order valence-corrected chi connectivity index (χ0v) is 13.9. The molecule has 21 heavy (non-hydrogen) atoms. The molecule has 1 aromatic carbocycles. The van der Waals surface area contributed by atoms with Crippen molar-refractivity contribution >= 4 is 0 Å². The number of rotatable bonds is 8. The Morgan fingerprint density at radius 3 is 2.24 bits per heavy atom. The largest absolute Gasteiger partial charge is 0.494 e. The molecule has 1 aliphatic heterocycles. The van der Waals surface area contributed by atoms with Gasteiger partial charge >= 0.3 is 0 Å². The van der Waals surface area contributed by atoms with Crippen LogP contribution >= 0.6 is 0 Å². The van der Waals surface area contributed by atoms with Crippen LogP contribution in [0.3, 0.4) is 0 Å². The lowest BCUT2D eigenvalue weighted by molar-refractivity contribution is 0.223. The third kappa shape index (κ3) is 6.52. The number of piperidine rings is 1. The van der Waals surface area contributed by atoms with Crippen molar-refractivity contribution in [2.24, 2.45) is 0 Å². The topological polar surface area (TPSA) is 12.5 Å². The number of likely N-dealkylation sites (tertiary alicyclic amines) is 1. The summed E-state index contributed by atoms with van der Waals surface area (Å²) < 4.78 is 5.85. The first kappa shape index (κ1) is 16.4. The molecule has 0 aromatic heterocycles. The van der Waals surface area contributed by atoms with Gasteiger partial charge in [-0.3, -0.25) is 0 Å². The minimum absolute atomic E-state index is 0.854. The number of nitrogens with zero attached hydrogens (tertiary/aromatic N) is 1. The van der Waals surface area contributed by atoms with Gasteiger partial charge in [-0.2, -0.15) is 0 Å². The second-order valence-electron chi connectivity index (χ2n) is 6.49. The monoisotopic (exact) mass is 289 g/mol. The quantitative estimate of drug-likeness (QED) is 0.642. The van der Waals surface area contributed by atoms with Crippen LogP contribution in [0.15, 0.2) is 18.2 Å². The fraction of sp³-hybridized carbons (Fsp3) is 0.684. The second-order valence-corrected chi connectivity index (χ2v) is 6.49. The maximum Gasteiger partial charge on any atom is 0.119 e. The number of benzene rings is 1. The summed E-state index contributed by atoms with van der Waals surface area (Å²) in [5.74, 6) is 1.03. The molecule has 118 valence electrons. The van der Waals surface area contributed by atoms with E-state index in [9.17, 15) is 0 Å². The van der Waals surface area contributed by atoms with Crippen LogP contribution < -0.4 is 4.74 Å². The highest BCUT2D eigenvalue weighted by atomic mass is 16.5. The van der Waals surface area contributed by atoms with Crippen LogP contribution in [0.4, 0.5) is 0 Å². The normalized spacial score (nSPS) is 16.1. The van der Waals surface area contributed by atoms with Crippen molar-refractivity contribution in [3.05, 3.63) is 29.3 Å². The van der Waals surface area contributed by atoms with E-state index in [0.717, 1.165) is 12.4 Å². The van der Waals surface area contributed by atoms with Gasteiger partial charge < -0.3 is 9.64 Å². The zero-order chi connectivity index (χ0) is 14.9. The lowest BCUT2D eigenvalue weighted by Crippen LogP contribution is -2.30. The van der Waals surface area contributed by atoms with Gasteiger partial charge in [0.2, 0.25) is 0 Å². The average molecular weight is 289 g/mol. The lowest BCUT2D eigenvalue weighted by Gasteiger charge is -2.26. The van der Waals surface area contributed by atoms with Crippen molar-refractivity contribution in [2.45, 2.75) is 58.8 Å². The minimum atomic E-state index is 0.854. The molecule has 0 atom stereocenters. The molecule has 1 aromatic rings. The van der Waals surface area contributed by atoms with Gasteiger partial charge in [0.25, 0.3) is 0 Å². The zero-order valence-electron chi connectivity index (χ0n) is 13.9. The van der Waals surface area contributed by atoms with Gasteiger partial charge in [-0.15, -0.1) is 0 Å². The molecule has 1 heterocycles. The van der Waals surface area contributed by atoms with Gasteiger partial charge in [0.15, 0.2) is 0 Å². The summed E-state index contributed by atoms with van der Waals surface area (Å²) in [6.07, 6.45) is 9.40. The Kier molecular flexibility index (Phi) is 7.08. The molecule has 1 aliphatic rings. The van der Waals surface area contributed by atoms with Crippen LogP contribution in [0.5, 0.6) is 5.75 Å². The highest BCUT2D eigenvalue weighted by molar-refractivity contribution is 5.32. The molecule has 2 nitrogen and oxygen atoms in total. The van der Waals surface area contributed by atoms with Crippen LogP contribution in [-0.4, -0.2) is 31.1 Å². The van der Waals surface area contributed by atoms with E-state index in [0.29, 0.717) is 0 Å². The summed E-state index contributed by atoms with van der Waals surface area (Å²) in [5.41, 5.74) is 2.57. The number of ether oxygens (including phenoxy) is 1. The van der Waals surface area contributed by atoms with E-state index < -0.39 is 0 Å². The molecule has 0 aliphatic carbocycles. The van der Waals surface area contributed by atoms with Gasteiger partial charge in [-0.25, -0.2) is 0 Å². The second kappa shape index (κ2) is 9.09. The van der Waals surface area contributed by atoms with Crippen LogP contribution in [0.2, 0.25) is 0 Å². The molecule has 0 N–H and O–H groups in total. The van der Waals surface area contributed by atoms with Gasteiger partial charge in [0, 0.05) is 0 Å². The molecule has 0 bridgehead atoms. The predicted octanol–water partition coefficient (Wildman–Crippen LogP) is 4.73. The maximum absolute atomic E-state index is 5.85. The van der Waals surface area contributed by atoms with Crippen molar-refractivity contribution in [1.29, 1.82) is 0 Å². The summed E-state index contributed by atoms with van der Waals surface area (Å²) in [5, 5.41) is 0. The third-order valence-corrected chi connectivity index (χ3v) is 4.28. The molecule has 1 saturated heterocycles. The summed E-state index contributed by atoms with van der Waals surface area (Å²) in [6, 6.07) is 6.44. The minimum Gasteiger partial charge on any atom is -0.494 e. The lowest BCUT2D eigenvalue weighted by atomic mass is 10.1. The van der Waals surface area contributed by atoms with E-state index in [1.807, 2.05) is 0 Å². The van der Waals surface area contributed by atoms with Crippen LogP contribution in [-0.2, 0) is 0 Å². The predicted molar refractivity (Wildman–Crippen MR) is 90.2 cm³/mol. The standard InChI is InChI=1S/C19H31NO/c1-17-14-18(2)16-19(15-17)21-13-9-4-3-6-10-20-11-7-5-8-12-20/h14-16H,3-13H2,1-2H3. The number of hydrogen-bond donors (Lipinski definition) is 0. The SMILES string of the molecule is Cc1cc(C)cc(OCCCCCCN2CCCCC2)c1. The fourth-order valence-electron chi connectivity index (χ4n) is 3.18. The first-order valence-corrected chi connectivity index (χ1v) is 8.67. The van der Waals surface area contributed by atoms with Crippen LogP contribution in [0.25, 0.3) is 0 Å². The van der Waals surface area contributed by atoms with Crippen LogP contribution in [0.1, 0.15) is 56.1 Å². The van der Waals surface area contributed by atoms with Crippen molar-refractivity contribution in [1.82, 2.24) is 4.90 Å². The molecule has 2 heteroatoms. The van der Waals surface area contributed by atoms with E-state index >= 15 is 0 Å². The first-order chi connectivity index (χ1) is 10.2.